The van der Waals surface area contributed by atoms with Crippen LogP contribution in [0.25, 0.3) is 0 Å². The first-order chi connectivity index (χ1) is 12.7. The molecule has 0 N–H and O–H groups in total. The molecule has 2 aromatic carbocycles. The summed E-state index contributed by atoms with van der Waals surface area (Å²) in [6, 6.07) is 11.8. The molecule has 9 heteroatoms. The summed E-state index contributed by atoms with van der Waals surface area (Å²) in [5.74, 6) is 0. The Balaban J connectivity index is 1.77. The summed E-state index contributed by atoms with van der Waals surface area (Å²) in [5.41, 5.74) is 0.0808. The first-order valence-corrected chi connectivity index (χ1v) is 11.0. The van der Waals surface area contributed by atoms with Crippen LogP contribution in [0.3, 0.4) is 0 Å². The number of benzene rings is 2. The van der Waals surface area contributed by atoms with Crippen LogP contribution in [0.4, 0.5) is 18.9 Å². The fourth-order valence-electron chi connectivity index (χ4n) is 3.04. The summed E-state index contributed by atoms with van der Waals surface area (Å²) in [7, 11) is -3.96. The van der Waals surface area contributed by atoms with E-state index >= 15 is 0 Å². The maximum Gasteiger partial charge on any atom is 0.416 e. The Morgan fingerprint density at radius 3 is 2.26 bits per heavy atom. The van der Waals surface area contributed by atoms with Crippen LogP contribution in [0.2, 0.25) is 0 Å². The maximum absolute atomic E-state index is 12.9. The molecule has 1 saturated heterocycles. The molecule has 0 spiro atoms. The smallest absolute Gasteiger partial charge is 0.368 e. The van der Waals surface area contributed by atoms with Crippen LogP contribution in [0.1, 0.15) is 5.56 Å². The van der Waals surface area contributed by atoms with E-state index in [9.17, 15) is 21.6 Å². The number of nitrogens with zero attached hydrogens (tertiary/aromatic N) is 2. The molecule has 4 nitrogen and oxygen atoms in total. The lowest BCUT2D eigenvalue weighted by Crippen LogP contribution is -2.48. The third kappa shape index (κ3) is 4.25. The number of rotatable bonds is 4. The highest BCUT2D eigenvalue weighted by Crippen LogP contribution is 2.32. The van der Waals surface area contributed by atoms with Gasteiger partial charge >= 0.3 is 6.18 Å². The van der Waals surface area contributed by atoms with Crippen LogP contribution in [-0.2, 0) is 16.2 Å². The van der Waals surface area contributed by atoms with E-state index in [1.54, 1.807) is 11.8 Å². The molecule has 1 heterocycles. The topological polar surface area (TPSA) is 40.6 Å². The van der Waals surface area contributed by atoms with Crippen molar-refractivity contribution in [2.24, 2.45) is 0 Å². The molecule has 0 aliphatic carbocycles. The van der Waals surface area contributed by atoms with Gasteiger partial charge in [0, 0.05) is 31.1 Å². The van der Waals surface area contributed by atoms with Gasteiger partial charge in [-0.2, -0.15) is 17.5 Å². The Labute approximate surface area is 161 Å². The molecule has 0 bridgehead atoms. The highest BCUT2D eigenvalue weighted by molar-refractivity contribution is 7.98. The standard InChI is InChI=1S/C18H19F3N2O2S2/c1-26-17-8-3-2-7-16(17)22-9-11-23(12-10-22)27(24,25)15-6-4-5-14(13-15)18(19,20)21/h2-8,13H,9-12H2,1H3. The Bertz CT molecular complexity index is 909. The lowest BCUT2D eigenvalue weighted by molar-refractivity contribution is -0.137. The Hall–Kier alpha value is -1.71. The number of thioether (sulfide) groups is 1. The first-order valence-electron chi connectivity index (χ1n) is 8.29. The fraction of sp³-hybridized carbons (Fsp3) is 0.333. The van der Waals surface area contributed by atoms with Crippen molar-refractivity contribution in [1.82, 2.24) is 4.31 Å². The van der Waals surface area contributed by atoms with E-state index in [2.05, 4.69) is 4.90 Å². The third-order valence-electron chi connectivity index (χ3n) is 4.46. The van der Waals surface area contributed by atoms with Gasteiger partial charge in [-0.1, -0.05) is 18.2 Å². The quantitative estimate of drug-likeness (QED) is 0.708. The minimum Gasteiger partial charge on any atom is -0.368 e. The van der Waals surface area contributed by atoms with Crippen molar-refractivity contribution in [2.45, 2.75) is 16.0 Å². The molecule has 27 heavy (non-hydrogen) atoms. The highest BCUT2D eigenvalue weighted by Gasteiger charge is 2.34. The second-order valence-electron chi connectivity index (χ2n) is 6.09. The molecule has 0 aromatic heterocycles. The van der Waals surface area contributed by atoms with Crippen LogP contribution in [-0.4, -0.2) is 45.2 Å². The van der Waals surface area contributed by atoms with Gasteiger partial charge in [0.05, 0.1) is 16.1 Å². The minimum absolute atomic E-state index is 0.224. The average molecular weight is 416 g/mol. The van der Waals surface area contributed by atoms with Crippen molar-refractivity contribution < 1.29 is 21.6 Å². The predicted octanol–water partition coefficient (Wildman–Crippen LogP) is 3.94. The molecular weight excluding hydrogens is 397 g/mol. The number of alkyl halides is 3. The molecule has 1 aliphatic heterocycles. The van der Waals surface area contributed by atoms with Gasteiger partial charge in [-0.05, 0) is 36.6 Å². The normalized spacial score (nSPS) is 16.5. The zero-order chi connectivity index (χ0) is 19.7. The van der Waals surface area contributed by atoms with E-state index in [1.165, 1.54) is 10.4 Å². The van der Waals surface area contributed by atoms with Crippen LogP contribution >= 0.6 is 11.8 Å². The average Bonchev–Trinajstić information content (AvgIpc) is 2.67. The van der Waals surface area contributed by atoms with Crippen molar-refractivity contribution in [3.05, 3.63) is 54.1 Å². The van der Waals surface area contributed by atoms with Gasteiger partial charge in [0.25, 0.3) is 0 Å². The zero-order valence-electron chi connectivity index (χ0n) is 14.6. The van der Waals surface area contributed by atoms with Crippen LogP contribution in [0.5, 0.6) is 0 Å². The molecule has 0 amide bonds. The number of halogens is 3. The van der Waals surface area contributed by atoms with Gasteiger partial charge < -0.3 is 4.90 Å². The molecule has 146 valence electrons. The SMILES string of the molecule is CSc1ccccc1N1CCN(S(=O)(=O)c2cccc(C(F)(F)F)c2)CC1. The Morgan fingerprint density at radius 2 is 1.63 bits per heavy atom. The summed E-state index contributed by atoms with van der Waals surface area (Å²) in [6.07, 6.45) is -2.60. The summed E-state index contributed by atoms with van der Waals surface area (Å²) in [6.45, 7) is 1.41. The molecule has 3 rings (SSSR count). The monoisotopic (exact) mass is 416 g/mol. The molecular formula is C18H19F3N2O2S2. The number of hydrogen-bond acceptors (Lipinski definition) is 4. The van der Waals surface area contributed by atoms with E-state index in [1.807, 2.05) is 30.5 Å². The molecule has 0 radical (unpaired) electrons. The van der Waals surface area contributed by atoms with Gasteiger partial charge in [0.2, 0.25) is 10.0 Å². The van der Waals surface area contributed by atoms with E-state index in [-0.39, 0.29) is 18.0 Å². The molecule has 0 atom stereocenters. The van der Waals surface area contributed by atoms with E-state index in [4.69, 9.17) is 0 Å². The van der Waals surface area contributed by atoms with Gasteiger partial charge in [0.1, 0.15) is 0 Å². The van der Waals surface area contributed by atoms with Crippen molar-refractivity contribution in [2.75, 3.05) is 37.3 Å². The van der Waals surface area contributed by atoms with E-state index in [0.717, 1.165) is 22.7 Å². The van der Waals surface area contributed by atoms with E-state index in [0.29, 0.717) is 19.2 Å². The number of anilines is 1. The second-order valence-corrected chi connectivity index (χ2v) is 8.87. The molecule has 0 saturated carbocycles. The summed E-state index contributed by atoms with van der Waals surface area (Å²) in [4.78, 5) is 2.88. The highest BCUT2D eigenvalue weighted by atomic mass is 32.2. The van der Waals surface area contributed by atoms with Crippen LogP contribution in [0, 0.1) is 0 Å². The predicted molar refractivity (Wildman–Crippen MR) is 101 cm³/mol. The van der Waals surface area contributed by atoms with Gasteiger partial charge in [-0.25, -0.2) is 8.42 Å². The number of sulfonamides is 1. The number of para-hydroxylation sites is 1. The largest absolute Gasteiger partial charge is 0.416 e. The van der Waals surface area contributed by atoms with Crippen molar-refractivity contribution >= 4 is 27.5 Å². The van der Waals surface area contributed by atoms with Gasteiger partial charge in [0.15, 0.2) is 0 Å². The van der Waals surface area contributed by atoms with Crippen LogP contribution in [0.15, 0.2) is 58.3 Å². The minimum atomic E-state index is -4.58. The van der Waals surface area contributed by atoms with Gasteiger partial charge in [-0.15, -0.1) is 11.8 Å². The first kappa shape index (κ1) is 20.0. The lowest BCUT2D eigenvalue weighted by Gasteiger charge is -2.36. The maximum atomic E-state index is 12.9. The molecule has 2 aromatic rings. The Morgan fingerprint density at radius 1 is 0.963 bits per heavy atom. The van der Waals surface area contributed by atoms with E-state index < -0.39 is 21.8 Å². The van der Waals surface area contributed by atoms with Crippen molar-refractivity contribution in [1.29, 1.82) is 0 Å². The molecule has 1 aliphatic rings. The number of hydrogen-bond donors (Lipinski definition) is 0. The Kier molecular flexibility index (Phi) is 5.73. The lowest BCUT2D eigenvalue weighted by atomic mass is 10.2. The summed E-state index contributed by atoms with van der Waals surface area (Å²) >= 11 is 1.62. The molecule has 0 unspecified atom stereocenters. The number of piperazine rings is 1. The van der Waals surface area contributed by atoms with Crippen molar-refractivity contribution in [3.63, 3.8) is 0 Å². The fourth-order valence-corrected chi connectivity index (χ4v) is 5.13. The van der Waals surface area contributed by atoms with Crippen molar-refractivity contribution in [3.8, 4) is 0 Å². The zero-order valence-corrected chi connectivity index (χ0v) is 16.2. The molecule has 1 fully saturated rings. The van der Waals surface area contributed by atoms with Crippen LogP contribution < -0.4 is 4.90 Å². The third-order valence-corrected chi connectivity index (χ3v) is 7.14. The second kappa shape index (κ2) is 7.73. The van der Waals surface area contributed by atoms with Gasteiger partial charge in [-0.3, -0.25) is 0 Å². The summed E-state index contributed by atoms with van der Waals surface area (Å²) < 4.78 is 65.5. The summed E-state index contributed by atoms with van der Waals surface area (Å²) in [5, 5.41) is 0.